The van der Waals surface area contributed by atoms with Crippen LogP contribution >= 0.6 is 0 Å². The van der Waals surface area contributed by atoms with E-state index in [2.05, 4.69) is 0 Å². The van der Waals surface area contributed by atoms with E-state index >= 15 is 0 Å². The third kappa shape index (κ3) is 4.35. The van der Waals surface area contributed by atoms with E-state index in [0.29, 0.717) is 5.75 Å². The predicted octanol–water partition coefficient (Wildman–Crippen LogP) is 3.24. The highest BCUT2D eigenvalue weighted by Crippen LogP contribution is 2.21. The standard InChI is InChI=1S/C14H19FO3/c1-9-6-7-11(15)8-12(9)17-10(2)13(16)18-14(3,4)5/h6-8,10H,1-5H3. The molecule has 0 radical (unpaired) electrons. The molecule has 1 atom stereocenters. The Labute approximate surface area is 107 Å². The SMILES string of the molecule is Cc1ccc(F)cc1OC(C)C(=O)OC(C)(C)C. The summed E-state index contributed by atoms with van der Waals surface area (Å²) in [5, 5.41) is 0. The summed E-state index contributed by atoms with van der Waals surface area (Å²) in [4.78, 5) is 11.7. The normalized spacial score (nSPS) is 13.0. The first-order valence-corrected chi connectivity index (χ1v) is 5.85. The monoisotopic (exact) mass is 254 g/mol. The molecule has 3 nitrogen and oxygen atoms in total. The maximum Gasteiger partial charge on any atom is 0.347 e. The van der Waals surface area contributed by atoms with Crippen molar-refractivity contribution in [3.8, 4) is 5.75 Å². The molecule has 18 heavy (non-hydrogen) atoms. The number of halogens is 1. The summed E-state index contributed by atoms with van der Waals surface area (Å²) in [5.74, 6) is -0.508. The number of carbonyl (C=O) groups excluding carboxylic acids is 1. The van der Waals surface area contributed by atoms with E-state index in [-0.39, 0.29) is 0 Å². The molecule has 0 aliphatic rings. The van der Waals surface area contributed by atoms with Gasteiger partial charge in [-0.25, -0.2) is 9.18 Å². The van der Waals surface area contributed by atoms with Gasteiger partial charge in [0.25, 0.3) is 0 Å². The number of esters is 1. The smallest absolute Gasteiger partial charge is 0.347 e. The second-order valence-corrected chi connectivity index (χ2v) is 5.20. The van der Waals surface area contributed by atoms with Crippen LogP contribution in [0.25, 0.3) is 0 Å². The summed E-state index contributed by atoms with van der Waals surface area (Å²) in [6.07, 6.45) is -0.773. The van der Waals surface area contributed by atoms with Crippen molar-refractivity contribution in [3.05, 3.63) is 29.6 Å². The molecule has 0 saturated carbocycles. The zero-order valence-corrected chi connectivity index (χ0v) is 11.4. The van der Waals surface area contributed by atoms with Crippen LogP contribution in [0.4, 0.5) is 4.39 Å². The molecule has 1 aromatic rings. The van der Waals surface area contributed by atoms with Crippen molar-refractivity contribution >= 4 is 5.97 Å². The number of carbonyl (C=O) groups is 1. The fourth-order valence-corrected chi connectivity index (χ4v) is 1.32. The van der Waals surface area contributed by atoms with Gasteiger partial charge in [0.15, 0.2) is 6.10 Å². The molecule has 0 aliphatic carbocycles. The molecule has 1 aromatic carbocycles. The first-order valence-electron chi connectivity index (χ1n) is 5.85. The third-order valence-electron chi connectivity index (χ3n) is 2.19. The lowest BCUT2D eigenvalue weighted by Crippen LogP contribution is -2.33. The van der Waals surface area contributed by atoms with Crippen molar-refractivity contribution < 1.29 is 18.7 Å². The van der Waals surface area contributed by atoms with Crippen molar-refractivity contribution in [1.82, 2.24) is 0 Å². The largest absolute Gasteiger partial charge is 0.479 e. The first kappa shape index (κ1) is 14.5. The number of hydrogen-bond acceptors (Lipinski definition) is 3. The van der Waals surface area contributed by atoms with E-state index in [1.54, 1.807) is 40.7 Å². The highest BCUT2D eigenvalue weighted by Gasteiger charge is 2.23. The molecule has 4 heteroatoms. The van der Waals surface area contributed by atoms with Crippen LogP contribution in [0.3, 0.4) is 0 Å². The molecule has 0 fully saturated rings. The Morgan fingerprint density at radius 2 is 1.94 bits per heavy atom. The Bertz CT molecular complexity index is 435. The highest BCUT2D eigenvalue weighted by molar-refractivity contribution is 5.75. The van der Waals surface area contributed by atoms with E-state index in [9.17, 15) is 9.18 Å². The topological polar surface area (TPSA) is 35.5 Å². The van der Waals surface area contributed by atoms with Gasteiger partial charge in [-0.1, -0.05) is 6.07 Å². The molecule has 0 spiro atoms. The lowest BCUT2D eigenvalue weighted by Gasteiger charge is -2.23. The van der Waals surface area contributed by atoms with Gasteiger partial charge in [0, 0.05) is 6.07 Å². The van der Waals surface area contributed by atoms with Gasteiger partial charge in [-0.05, 0) is 46.2 Å². The van der Waals surface area contributed by atoms with Crippen LogP contribution in [-0.4, -0.2) is 17.7 Å². The molecule has 100 valence electrons. The van der Waals surface area contributed by atoms with Crippen LogP contribution in [0, 0.1) is 12.7 Å². The maximum atomic E-state index is 13.1. The predicted molar refractivity (Wildman–Crippen MR) is 67.1 cm³/mol. The van der Waals surface area contributed by atoms with Gasteiger partial charge in [-0.3, -0.25) is 0 Å². The van der Waals surface area contributed by atoms with Gasteiger partial charge in [0.2, 0.25) is 0 Å². The molecule has 0 heterocycles. The van der Waals surface area contributed by atoms with Gasteiger partial charge in [-0.15, -0.1) is 0 Å². The number of rotatable bonds is 3. The molecule has 0 bridgehead atoms. The van der Waals surface area contributed by atoms with Crippen molar-refractivity contribution in [3.63, 3.8) is 0 Å². The quantitative estimate of drug-likeness (QED) is 0.777. The Morgan fingerprint density at radius 1 is 1.33 bits per heavy atom. The maximum absolute atomic E-state index is 13.1. The summed E-state index contributed by atoms with van der Waals surface area (Å²) in [6.45, 7) is 8.72. The lowest BCUT2D eigenvalue weighted by molar-refractivity contribution is -0.162. The summed E-state index contributed by atoms with van der Waals surface area (Å²) in [5.41, 5.74) is 0.206. The lowest BCUT2D eigenvalue weighted by atomic mass is 10.2. The van der Waals surface area contributed by atoms with Gasteiger partial charge < -0.3 is 9.47 Å². The minimum Gasteiger partial charge on any atom is -0.479 e. The minimum absolute atomic E-state index is 0.355. The van der Waals surface area contributed by atoms with Gasteiger partial charge in [-0.2, -0.15) is 0 Å². The summed E-state index contributed by atoms with van der Waals surface area (Å²) < 4.78 is 23.7. The van der Waals surface area contributed by atoms with E-state index in [0.717, 1.165) is 5.56 Å². The zero-order valence-electron chi connectivity index (χ0n) is 11.4. The average Bonchev–Trinajstić information content (AvgIpc) is 2.21. The average molecular weight is 254 g/mol. The van der Waals surface area contributed by atoms with E-state index in [1.807, 2.05) is 0 Å². The van der Waals surface area contributed by atoms with Crippen molar-refractivity contribution in [2.75, 3.05) is 0 Å². The van der Waals surface area contributed by atoms with Gasteiger partial charge in [0.1, 0.15) is 17.2 Å². The Balaban J connectivity index is 2.72. The molecule has 0 aliphatic heterocycles. The van der Waals surface area contributed by atoms with Gasteiger partial charge in [0.05, 0.1) is 0 Å². The molecule has 0 aromatic heterocycles. The van der Waals surface area contributed by atoms with Crippen LogP contribution in [0.15, 0.2) is 18.2 Å². The van der Waals surface area contributed by atoms with Crippen LogP contribution in [-0.2, 0) is 9.53 Å². The second-order valence-electron chi connectivity index (χ2n) is 5.20. The van der Waals surface area contributed by atoms with E-state index in [4.69, 9.17) is 9.47 Å². The zero-order chi connectivity index (χ0) is 13.9. The van der Waals surface area contributed by atoms with Gasteiger partial charge >= 0.3 is 5.97 Å². The van der Waals surface area contributed by atoms with Crippen LogP contribution in [0.2, 0.25) is 0 Å². The molecular formula is C14H19FO3. The van der Waals surface area contributed by atoms with Crippen LogP contribution in [0.5, 0.6) is 5.75 Å². The van der Waals surface area contributed by atoms with E-state index < -0.39 is 23.5 Å². The number of benzene rings is 1. The Hall–Kier alpha value is -1.58. The highest BCUT2D eigenvalue weighted by atomic mass is 19.1. The number of hydrogen-bond donors (Lipinski definition) is 0. The fraction of sp³-hybridized carbons (Fsp3) is 0.500. The molecule has 0 saturated heterocycles. The first-order chi connectivity index (χ1) is 8.19. The Kier molecular flexibility index (Phi) is 4.33. The fourth-order valence-electron chi connectivity index (χ4n) is 1.32. The van der Waals surface area contributed by atoms with Crippen LogP contribution in [0.1, 0.15) is 33.3 Å². The van der Waals surface area contributed by atoms with Crippen molar-refractivity contribution in [2.24, 2.45) is 0 Å². The third-order valence-corrected chi connectivity index (χ3v) is 2.19. The van der Waals surface area contributed by atoms with Crippen molar-refractivity contribution in [1.29, 1.82) is 0 Å². The number of aryl methyl sites for hydroxylation is 1. The van der Waals surface area contributed by atoms with E-state index in [1.165, 1.54) is 12.1 Å². The molecular weight excluding hydrogens is 235 g/mol. The summed E-state index contributed by atoms with van der Waals surface area (Å²) in [6, 6.07) is 4.21. The molecule has 0 amide bonds. The summed E-state index contributed by atoms with van der Waals surface area (Å²) >= 11 is 0. The number of ether oxygens (including phenoxy) is 2. The molecule has 1 unspecified atom stereocenters. The molecule has 0 N–H and O–H groups in total. The summed E-state index contributed by atoms with van der Waals surface area (Å²) in [7, 11) is 0. The minimum atomic E-state index is -0.773. The Morgan fingerprint density at radius 3 is 2.50 bits per heavy atom. The molecule has 1 rings (SSSR count). The van der Waals surface area contributed by atoms with Crippen LogP contribution < -0.4 is 4.74 Å². The second kappa shape index (κ2) is 5.38. The van der Waals surface area contributed by atoms with Crippen molar-refractivity contribution in [2.45, 2.75) is 46.3 Å².